The molecule has 3 aliphatic carbocycles. The smallest absolute Gasteiger partial charge is 0.294 e. The highest BCUT2D eigenvalue weighted by Gasteiger charge is 2.70. The van der Waals surface area contributed by atoms with E-state index in [1.54, 1.807) is 6.07 Å². The average Bonchev–Trinajstić information content (AvgIpc) is 3.09. The molecule has 2 atom stereocenters. The zero-order valence-corrected chi connectivity index (χ0v) is 19.5. The van der Waals surface area contributed by atoms with Gasteiger partial charge in [0.25, 0.3) is 5.69 Å². The Morgan fingerprint density at radius 3 is 2.12 bits per heavy atom. The number of imide groups is 1. The SMILES string of the molecule is CC(=O)C12c3ccccc3C(c3ccccc31)[C@H]1C(=O)N(c3ccc(Br)cc3[N+](=O)[O-])C(=O)[C@@H]12. The predicted molar refractivity (Wildman–Crippen MR) is 126 cm³/mol. The topological polar surface area (TPSA) is 97.6 Å². The molecule has 34 heavy (non-hydrogen) atoms. The molecule has 7 rings (SSSR count). The third-order valence-corrected chi connectivity index (χ3v) is 8.04. The van der Waals surface area contributed by atoms with Crippen LogP contribution < -0.4 is 4.90 Å². The van der Waals surface area contributed by atoms with Crippen molar-refractivity contribution in [1.29, 1.82) is 0 Å². The van der Waals surface area contributed by atoms with E-state index in [-0.39, 0.29) is 17.2 Å². The van der Waals surface area contributed by atoms with Crippen LogP contribution >= 0.6 is 15.9 Å². The van der Waals surface area contributed by atoms with Crippen molar-refractivity contribution in [2.75, 3.05) is 4.90 Å². The van der Waals surface area contributed by atoms with Crippen molar-refractivity contribution in [3.05, 3.63) is 104 Å². The van der Waals surface area contributed by atoms with Crippen LogP contribution in [0.1, 0.15) is 35.1 Å². The lowest BCUT2D eigenvalue weighted by molar-refractivity contribution is -0.384. The molecule has 0 radical (unpaired) electrons. The summed E-state index contributed by atoms with van der Waals surface area (Å²) < 4.78 is 0.458. The number of Topliss-reactive ketones (excluding diaryl/α,β-unsaturated/α-hetero) is 1. The summed E-state index contributed by atoms with van der Waals surface area (Å²) in [6, 6.07) is 19.2. The second kappa shape index (κ2) is 6.93. The second-order valence-electron chi connectivity index (χ2n) is 8.92. The highest BCUT2D eigenvalue weighted by molar-refractivity contribution is 9.10. The van der Waals surface area contributed by atoms with Gasteiger partial charge < -0.3 is 0 Å². The molecular weight excluding hydrogens is 500 g/mol. The van der Waals surface area contributed by atoms with Crippen molar-refractivity contribution >= 4 is 44.9 Å². The molecule has 168 valence electrons. The quantitative estimate of drug-likeness (QED) is 0.290. The zero-order valence-electron chi connectivity index (χ0n) is 17.9. The number of carbonyl (C=O) groups is 3. The molecule has 0 unspecified atom stereocenters. The third-order valence-electron chi connectivity index (χ3n) is 7.55. The van der Waals surface area contributed by atoms with Gasteiger partial charge in [0.15, 0.2) is 0 Å². The number of nitro groups is 1. The van der Waals surface area contributed by atoms with E-state index in [9.17, 15) is 24.5 Å². The number of nitro benzene ring substituents is 1. The van der Waals surface area contributed by atoms with E-state index in [1.165, 1.54) is 19.1 Å². The summed E-state index contributed by atoms with van der Waals surface area (Å²) in [7, 11) is 0. The number of hydrogen-bond acceptors (Lipinski definition) is 5. The summed E-state index contributed by atoms with van der Waals surface area (Å²) in [5, 5.41) is 11.8. The monoisotopic (exact) mass is 516 g/mol. The molecule has 2 amide bonds. The van der Waals surface area contributed by atoms with Crippen LogP contribution in [0.3, 0.4) is 0 Å². The number of benzene rings is 3. The molecule has 0 spiro atoms. The van der Waals surface area contributed by atoms with Gasteiger partial charge in [-0.15, -0.1) is 0 Å². The molecule has 2 bridgehead atoms. The van der Waals surface area contributed by atoms with Crippen molar-refractivity contribution in [2.45, 2.75) is 18.3 Å². The van der Waals surface area contributed by atoms with E-state index in [0.29, 0.717) is 4.47 Å². The van der Waals surface area contributed by atoms with Gasteiger partial charge in [-0.05, 0) is 41.3 Å². The van der Waals surface area contributed by atoms with Crippen LogP contribution in [0.25, 0.3) is 0 Å². The summed E-state index contributed by atoms with van der Waals surface area (Å²) in [6.07, 6.45) is 0. The van der Waals surface area contributed by atoms with E-state index in [2.05, 4.69) is 15.9 Å². The molecule has 1 heterocycles. The van der Waals surface area contributed by atoms with Crippen molar-refractivity contribution in [3.8, 4) is 0 Å². The normalized spacial score (nSPS) is 26.2. The summed E-state index contributed by atoms with van der Waals surface area (Å²) in [4.78, 5) is 53.7. The number of hydrogen-bond donors (Lipinski definition) is 0. The Morgan fingerprint density at radius 2 is 1.56 bits per heavy atom. The van der Waals surface area contributed by atoms with Crippen molar-refractivity contribution in [2.24, 2.45) is 11.8 Å². The second-order valence-corrected chi connectivity index (χ2v) is 9.84. The largest absolute Gasteiger partial charge is 0.299 e. The molecule has 4 aliphatic rings. The third kappa shape index (κ3) is 2.33. The highest BCUT2D eigenvalue weighted by atomic mass is 79.9. The van der Waals surface area contributed by atoms with Gasteiger partial charge in [0, 0.05) is 16.5 Å². The molecule has 1 fully saturated rings. The van der Waals surface area contributed by atoms with Crippen LogP contribution in [-0.4, -0.2) is 22.5 Å². The Morgan fingerprint density at radius 1 is 0.971 bits per heavy atom. The number of carbonyl (C=O) groups excluding carboxylic acids is 3. The summed E-state index contributed by atoms with van der Waals surface area (Å²) in [5.74, 6) is -3.55. The number of halogens is 1. The Labute approximate surface area is 202 Å². The summed E-state index contributed by atoms with van der Waals surface area (Å²) in [6.45, 7) is 1.46. The van der Waals surface area contributed by atoms with Crippen molar-refractivity contribution < 1.29 is 19.3 Å². The maximum absolute atomic E-state index is 14.0. The molecule has 3 aromatic rings. The first-order valence-corrected chi connectivity index (χ1v) is 11.6. The Hall–Kier alpha value is -3.65. The standard InChI is InChI=1S/C26H17BrN2O5/c1-13(30)26-17-8-4-2-6-15(17)21(16-7-3-5-9-18(16)26)22-23(26)25(32)28(24(22)31)19-11-10-14(27)12-20(19)29(33)34/h2-12,21-23H,1H3/t21?,22-,23-,26?/m1/s1. The molecule has 1 saturated heterocycles. The minimum atomic E-state index is -1.34. The van der Waals surface area contributed by atoms with E-state index in [0.717, 1.165) is 27.2 Å². The molecule has 8 heteroatoms. The van der Waals surface area contributed by atoms with E-state index in [1.807, 2.05) is 48.5 Å². The molecule has 0 saturated carbocycles. The first-order valence-electron chi connectivity index (χ1n) is 10.8. The van der Waals surface area contributed by atoms with Crippen molar-refractivity contribution in [1.82, 2.24) is 0 Å². The molecule has 3 aromatic carbocycles. The lowest BCUT2D eigenvalue weighted by Crippen LogP contribution is -2.57. The summed E-state index contributed by atoms with van der Waals surface area (Å²) in [5.41, 5.74) is 1.41. The minimum absolute atomic E-state index is 0.0798. The van der Waals surface area contributed by atoms with Gasteiger partial charge in [-0.3, -0.25) is 24.5 Å². The van der Waals surface area contributed by atoms with E-state index in [4.69, 9.17) is 0 Å². The first-order chi connectivity index (χ1) is 16.3. The maximum Gasteiger partial charge on any atom is 0.294 e. The molecule has 0 aromatic heterocycles. The molecular formula is C26H17BrN2O5. The van der Waals surface area contributed by atoms with Gasteiger partial charge >= 0.3 is 0 Å². The highest BCUT2D eigenvalue weighted by Crippen LogP contribution is 2.64. The van der Waals surface area contributed by atoms with E-state index < -0.39 is 39.9 Å². The Balaban J connectivity index is 1.66. The van der Waals surface area contributed by atoms with Crippen molar-refractivity contribution in [3.63, 3.8) is 0 Å². The minimum Gasteiger partial charge on any atom is -0.299 e. The molecule has 0 N–H and O–H groups in total. The predicted octanol–water partition coefficient (Wildman–Crippen LogP) is 4.50. The zero-order chi connectivity index (χ0) is 23.9. The van der Waals surface area contributed by atoms with Crippen LogP contribution in [0.4, 0.5) is 11.4 Å². The number of ketones is 1. The Kier molecular flexibility index (Phi) is 4.26. The van der Waals surface area contributed by atoms with Gasteiger partial charge in [0.1, 0.15) is 11.5 Å². The van der Waals surface area contributed by atoms with Crippen LogP contribution in [0.15, 0.2) is 71.2 Å². The van der Waals surface area contributed by atoms with E-state index >= 15 is 0 Å². The van der Waals surface area contributed by atoms with Gasteiger partial charge in [-0.2, -0.15) is 0 Å². The van der Waals surface area contributed by atoms with Crippen LogP contribution in [-0.2, 0) is 19.8 Å². The molecule has 1 aliphatic heterocycles. The van der Waals surface area contributed by atoms with Gasteiger partial charge in [-0.1, -0.05) is 64.5 Å². The lowest BCUT2D eigenvalue weighted by atomic mass is 9.46. The first kappa shape index (κ1) is 20.9. The fraction of sp³-hybridized carbons (Fsp3) is 0.192. The van der Waals surface area contributed by atoms with Crippen LogP contribution in [0.5, 0.6) is 0 Å². The summed E-state index contributed by atoms with van der Waals surface area (Å²) >= 11 is 3.22. The van der Waals surface area contributed by atoms with Crippen LogP contribution in [0.2, 0.25) is 0 Å². The maximum atomic E-state index is 14.0. The fourth-order valence-electron chi connectivity index (χ4n) is 6.44. The fourth-order valence-corrected chi connectivity index (χ4v) is 6.79. The number of amides is 2. The molecule has 7 nitrogen and oxygen atoms in total. The van der Waals surface area contributed by atoms with Gasteiger partial charge in [0.05, 0.1) is 22.2 Å². The van der Waals surface area contributed by atoms with Gasteiger partial charge in [0.2, 0.25) is 11.8 Å². The number of rotatable bonds is 3. The number of nitrogens with zero attached hydrogens (tertiary/aromatic N) is 2. The lowest BCUT2D eigenvalue weighted by Gasteiger charge is -2.52. The number of anilines is 1. The van der Waals surface area contributed by atoms with Gasteiger partial charge in [-0.25, -0.2) is 4.90 Å². The Bertz CT molecular complexity index is 1420. The van der Waals surface area contributed by atoms with Crippen LogP contribution in [0, 0.1) is 22.0 Å². The average molecular weight is 517 g/mol.